The van der Waals surface area contributed by atoms with Gasteiger partial charge in [0, 0.05) is 6.54 Å². The summed E-state index contributed by atoms with van der Waals surface area (Å²) in [5, 5.41) is 3.37. The summed E-state index contributed by atoms with van der Waals surface area (Å²) in [5.74, 6) is 2.29. The summed E-state index contributed by atoms with van der Waals surface area (Å²) >= 11 is 0. The fourth-order valence-electron chi connectivity index (χ4n) is 1.62. The van der Waals surface area contributed by atoms with E-state index in [9.17, 15) is 0 Å². The summed E-state index contributed by atoms with van der Waals surface area (Å²) in [6.45, 7) is 3.34. The predicted molar refractivity (Wildman–Crippen MR) is 59.0 cm³/mol. The van der Waals surface area contributed by atoms with Gasteiger partial charge in [0.15, 0.2) is 0 Å². The number of nitrogens with zero attached hydrogens (tertiary/aromatic N) is 1. The fraction of sp³-hybridized carbons (Fsp3) is 0.545. The SMILES string of the molecule is CC(CNc1ccc(N)nc1)C1CC1. The first kappa shape index (κ1) is 9.31. The molecule has 76 valence electrons. The molecular weight excluding hydrogens is 174 g/mol. The summed E-state index contributed by atoms with van der Waals surface area (Å²) in [7, 11) is 0. The molecule has 1 unspecified atom stereocenters. The largest absolute Gasteiger partial charge is 0.384 e. The molecule has 1 aromatic rings. The van der Waals surface area contributed by atoms with Gasteiger partial charge in [-0.1, -0.05) is 6.92 Å². The number of aromatic nitrogens is 1. The predicted octanol–water partition coefficient (Wildman–Crippen LogP) is 2.12. The molecule has 1 aliphatic rings. The van der Waals surface area contributed by atoms with Crippen LogP contribution in [-0.4, -0.2) is 11.5 Å². The highest BCUT2D eigenvalue weighted by molar-refractivity contribution is 5.45. The summed E-state index contributed by atoms with van der Waals surface area (Å²) < 4.78 is 0. The Hall–Kier alpha value is -1.25. The van der Waals surface area contributed by atoms with Crippen molar-refractivity contribution in [3.05, 3.63) is 18.3 Å². The van der Waals surface area contributed by atoms with Crippen molar-refractivity contribution in [1.29, 1.82) is 0 Å². The third-order valence-corrected chi connectivity index (χ3v) is 2.84. The van der Waals surface area contributed by atoms with E-state index in [0.29, 0.717) is 5.82 Å². The lowest BCUT2D eigenvalue weighted by atomic mass is 10.1. The molecule has 1 aromatic heterocycles. The average Bonchev–Trinajstić information content (AvgIpc) is 3.00. The van der Waals surface area contributed by atoms with Gasteiger partial charge in [0.05, 0.1) is 11.9 Å². The highest BCUT2D eigenvalue weighted by Gasteiger charge is 2.27. The van der Waals surface area contributed by atoms with E-state index in [-0.39, 0.29) is 0 Å². The van der Waals surface area contributed by atoms with Crippen LogP contribution in [0.5, 0.6) is 0 Å². The van der Waals surface area contributed by atoms with Gasteiger partial charge < -0.3 is 11.1 Å². The Balaban J connectivity index is 1.82. The number of nitrogens with two attached hydrogens (primary N) is 1. The lowest BCUT2D eigenvalue weighted by Gasteiger charge is -2.12. The molecule has 0 aromatic carbocycles. The maximum Gasteiger partial charge on any atom is 0.123 e. The molecule has 0 radical (unpaired) electrons. The second-order valence-electron chi connectivity index (χ2n) is 4.17. The number of rotatable bonds is 4. The molecule has 0 bridgehead atoms. The molecule has 0 saturated heterocycles. The lowest BCUT2D eigenvalue weighted by molar-refractivity contribution is 0.536. The molecular formula is C11H17N3. The molecule has 14 heavy (non-hydrogen) atoms. The third-order valence-electron chi connectivity index (χ3n) is 2.84. The van der Waals surface area contributed by atoms with E-state index in [1.165, 1.54) is 12.8 Å². The van der Waals surface area contributed by atoms with E-state index in [4.69, 9.17) is 5.73 Å². The molecule has 0 spiro atoms. The van der Waals surface area contributed by atoms with Gasteiger partial charge in [-0.3, -0.25) is 0 Å². The van der Waals surface area contributed by atoms with Gasteiger partial charge in [-0.15, -0.1) is 0 Å². The Morgan fingerprint density at radius 1 is 1.57 bits per heavy atom. The molecule has 3 N–H and O–H groups in total. The minimum atomic E-state index is 0.575. The smallest absolute Gasteiger partial charge is 0.123 e. The molecule has 3 heteroatoms. The van der Waals surface area contributed by atoms with Crippen LogP contribution in [0.4, 0.5) is 11.5 Å². The monoisotopic (exact) mass is 191 g/mol. The molecule has 3 nitrogen and oxygen atoms in total. The van der Waals surface area contributed by atoms with E-state index in [1.807, 2.05) is 12.1 Å². The zero-order chi connectivity index (χ0) is 9.97. The van der Waals surface area contributed by atoms with Crippen LogP contribution >= 0.6 is 0 Å². The van der Waals surface area contributed by atoms with E-state index >= 15 is 0 Å². The fourth-order valence-corrected chi connectivity index (χ4v) is 1.62. The van der Waals surface area contributed by atoms with Crippen LogP contribution in [0, 0.1) is 11.8 Å². The molecule has 1 fully saturated rings. The van der Waals surface area contributed by atoms with E-state index in [1.54, 1.807) is 6.20 Å². The van der Waals surface area contributed by atoms with Crippen LogP contribution in [0.2, 0.25) is 0 Å². The number of hydrogen-bond acceptors (Lipinski definition) is 3. The van der Waals surface area contributed by atoms with Gasteiger partial charge in [-0.2, -0.15) is 0 Å². The van der Waals surface area contributed by atoms with Crippen LogP contribution in [0.15, 0.2) is 18.3 Å². The van der Waals surface area contributed by atoms with Gasteiger partial charge in [0.2, 0.25) is 0 Å². The molecule has 2 rings (SSSR count). The first-order chi connectivity index (χ1) is 6.75. The van der Waals surface area contributed by atoms with E-state index < -0.39 is 0 Å². The van der Waals surface area contributed by atoms with Crippen molar-refractivity contribution in [2.45, 2.75) is 19.8 Å². The van der Waals surface area contributed by atoms with Crippen molar-refractivity contribution in [1.82, 2.24) is 4.98 Å². The lowest BCUT2D eigenvalue weighted by Crippen LogP contribution is -2.12. The van der Waals surface area contributed by atoms with Crippen molar-refractivity contribution < 1.29 is 0 Å². The molecule has 1 atom stereocenters. The number of pyridine rings is 1. The molecule has 1 heterocycles. The maximum absolute atomic E-state index is 5.50. The van der Waals surface area contributed by atoms with Crippen LogP contribution in [0.25, 0.3) is 0 Å². The second-order valence-corrected chi connectivity index (χ2v) is 4.17. The highest BCUT2D eigenvalue weighted by Crippen LogP contribution is 2.36. The Bertz CT molecular complexity index is 290. The zero-order valence-corrected chi connectivity index (χ0v) is 8.53. The molecule has 1 aliphatic carbocycles. The highest BCUT2D eigenvalue weighted by atomic mass is 14.9. The average molecular weight is 191 g/mol. The minimum Gasteiger partial charge on any atom is -0.384 e. The maximum atomic E-state index is 5.50. The Kier molecular flexibility index (Phi) is 2.57. The van der Waals surface area contributed by atoms with E-state index in [2.05, 4.69) is 17.2 Å². The number of hydrogen-bond donors (Lipinski definition) is 2. The van der Waals surface area contributed by atoms with E-state index in [0.717, 1.165) is 24.1 Å². The first-order valence-electron chi connectivity index (χ1n) is 5.21. The van der Waals surface area contributed by atoms with Crippen LogP contribution in [0.3, 0.4) is 0 Å². The van der Waals surface area contributed by atoms with Gasteiger partial charge >= 0.3 is 0 Å². The normalized spacial score (nSPS) is 17.8. The van der Waals surface area contributed by atoms with Crippen molar-refractivity contribution in [2.75, 3.05) is 17.6 Å². The minimum absolute atomic E-state index is 0.575. The Morgan fingerprint density at radius 2 is 2.36 bits per heavy atom. The number of anilines is 2. The van der Waals surface area contributed by atoms with Gasteiger partial charge in [0.25, 0.3) is 0 Å². The molecule has 0 amide bonds. The topological polar surface area (TPSA) is 50.9 Å². The standard InChI is InChI=1S/C11H17N3/c1-8(9-2-3-9)6-13-10-4-5-11(12)14-7-10/h4-5,7-9,13H,2-3,6H2,1H3,(H2,12,14). The second kappa shape index (κ2) is 3.86. The van der Waals surface area contributed by atoms with Crippen molar-refractivity contribution in [3.8, 4) is 0 Å². The molecule has 1 saturated carbocycles. The summed E-state index contributed by atoms with van der Waals surface area (Å²) in [6.07, 6.45) is 4.60. The summed E-state index contributed by atoms with van der Waals surface area (Å²) in [5.41, 5.74) is 6.56. The van der Waals surface area contributed by atoms with Gasteiger partial charge in [-0.05, 0) is 36.8 Å². The van der Waals surface area contributed by atoms with Gasteiger partial charge in [0.1, 0.15) is 5.82 Å². The number of nitrogen functional groups attached to an aromatic ring is 1. The van der Waals surface area contributed by atoms with Crippen LogP contribution in [-0.2, 0) is 0 Å². The van der Waals surface area contributed by atoms with Crippen LogP contribution in [0.1, 0.15) is 19.8 Å². The zero-order valence-electron chi connectivity index (χ0n) is 8.53. The van der Waals surface area contributed by atoms with Crippen LogP contribution < -0.4 is 11.1 Å². The third kappa shape index (κ3) is 2.37. The molecule has 0 aliphatic heterocycles. The number of nitrogens with one attached hydrogen (secondary N) is 1. The Morgan fingerprint density at radius 3 is 2.93 bits per heavy atom. The summed E-state index contributed by atoms with van der Waals surface area (Å²) in [6, 6.07) is 3.80. The van der Waals surface area contributed by atoms with Crippen molar-refractivity contribution >= 4 is 11.5 Å². The van der Waals surface area contributed by atoms with Crippen molar-refractivity contribution in [2.24, 2.45) is 11.8 Å². The van der Waals surface area contributed by atoms with Crippen molar-refractivity contribution in [3.63, 3.8) is 0 Å². The quantitative estimate of drug-likeness (QED) is 0.766. The van der Waals surface area contributed by atoms with Gasteiger partial charge in [-0.25, -0.2) is 4.98 Å². The Labute approximate surface area is 84.7 Å². The summed E-state index contributed by atoms with van der Waals surface area (Å²) in [4.78, 5) is 4.03. The first-order valence-corrected chi connectivity index (χ1v) is 5.21.